The second-order valence-electron chi connectivity index (χ2n) is 6.35. The molecule has 1 amide bonds. The quantitative estimate of drug-likeness (QED) is 0.228. The molecule has 0 saturated carbocycles. The van der Waals surface area contributed by atoms with E-state index in [0.29, 0.717) is 53.5 Å². The van der Waals surface area contributed by atoms with Gasteiger partial charge in [0.2, 0.25) is 0 Å². The third kappa shape index (κ3) is 6.72. The first-order valence-electron chi connectivity index (χ1n) is 9.91. The smallest absolute Gasteiger partial charge is 0.305 e. The minimum absolute atomic E-state index is 0.158. The lowest BCUT2D eigenvalue weighted by molar-refractivity contribution is -0.144. The molecule has 0 aromatic heterocycles. The molecule has 1 aromatic rings. The van der Waals surface area contributed by atoms with Crippen molar-refractivity contribution in [2.75, 3.05) is 26.4 Å². The summed E-state index contributed by atoms with van der Waals surface area (Å²) in [4.78, 5) is 26.5. The predicted octanol–water partition coefficient (Wildman–Crippen LogP) is 5.18. The monoisotopic (exact) mass is 515 g/mol. The lowest BCUT2D eigenvalue weighted by atomic mass is 10.1. The number of ether oxygens (including phenoxy) is 3. The molecule has 9 heteroatoms. The molecule has 0 radical (unpaired) electrons. The average Bonchev–Trinajstić information content (AvgIpc) is 2.96. The number of thioether (sulfide) groups is 1. The van der Waals surface area contributed by atoms with Crippen molar-refractivity contribution in [3.8, 4) is 11.5 Å². The molecule has 0 N–H and O–H groups in total. The Balaban J connectivity index is 2.10. The van der Waals surface area contributed by atoms with E-state index in [4.69, 9.17) is 26.4 Å². The summed E-state index contributed by atoms with van der Waals surface area (Å²) in [6.45, 7) is 7.58. The third-order valence-corrected chi connectivity index (χ3v) is 5.99. The third-order valence-electron chi connectivity index (χ3n) is 4.02. The largest absolute Gasteiger partial charge is 0.490 e. The normalized spacial score (nSPS) is 15.1. The van der Waals surface area contributed by atoms with Crippen LogP contribution in [0.3, 0.4) is 0 Å². The van der Waals surface area contributed by atoms with E-state index in [1.54, 1.807) is 6.08 Å². The highest BCUT2D eigenvalue weighted by molar-refractivity contribution is 9.10. The molecule has 0 bridgehead atoms. The molecule has 0 unspecified atom stereocenters. The summed E-state index contributed by atoms with van der Waals surface area (Å²) in [5.41, 5.74) is 0.803. The van der Waals surface area contributed by atoms with Crippen molar-refractivity contribution >= 4 is 62.2 Å². The van der Waals surface area contributed by atoms with Gasteiger partial charge < -0.3 is 14.2 Å². The summed E-state index contributed by atoms with van der Waals surface area (Å²) in [5, 5.41) is 0. The zero-order chi connectivity index (χ0) is 22.1. The minimum atomic E-state index is -0.250. The molecular weight excluding hydrogens is 490 g/mol. The van der Waals surface area contributed by atoms with Gasteiger partial charge in [0.15, 0.2) is 11.5 Å². The van der Waals surface area contributed by atoms with Gasteiger partial charge in [-0.3, -0.25) is 14.5 Å². The van der Waals surface area contributed by atoms with Gasteiger partial charge in [-0.25, -0.2) is 0 Å². The number of carbonyl (C=O) groups is 2. The molecule has 1 aliphatic heterocycles. The van der Waals surface area contributed by atoms with Crippen LogP contribution >= 0.6 is 39.9 Å². The molecule has 1 aromatic carbocycles. The molecule has 1 saturated heterocycles. The molecule has 0 spiro atoms. The maximum Gasteiger partial charge on any atom is 0.305 e. The fraction of sp³-hybridized carbons (Fsp3) is 0.476. The van der Waals surface area contributed by atoms with E-state index in [2.05, 4.69) is 15.9 Å². The molecule has 0 aliphatic carbocycles. The highest BCUT2D eigenvalue weighted by atomic mass is 79.9. The Morgan fingerprint density at radius 2 is 1.97 bits per heavy atom. The number of benzene rings is 1. The number of rotatable bonds is 11. The Bertz CT molecular complexity index is 828. The summed E-state index contributed by atoms with van der Waals surface area (Å²) in [7, 11) is 0. The highest BCUT2D eigenvalue weighted by Crippen LogP contribution is 2.39. The van der Waals surface area contributed by atoms with Crippen LogP contribution in [-0.4, -0.2) is 47.5 Å². The Morgan fingerprint density at radius 3 is 2.63 bits per heavy atom. The molecule has 164 valence electrons. The number of hydrogen-bond acceptors (Lipinski definition) is 7. The van der Waals surface area contributed by atoms with Crippen molar-refractivity contribution in [1.29, 1.82) is 0 Å². The second kappa shape index (κ2) is 12.3. The van der Waals surface area contributed by atoms with Gasteiger partial charge >= 0.3 is 5.97 Å². The summed E-state index contributed by atoms with van der Waals surface area (Å²) < 4.78 is 17.7. The van der Waals surface area contributed by atoms with Crippen molar-refractivity contribution in [2.45, 2.75) is 40.0 Å². The fourth-order valence-corrected chi connectivity index (χ4v) is 4.62. The van der Waals surface area contributed by atoms with Crippen LogP contribution in [0.5, 0.6) is 11.5 Å². The molecule has 1 heterocycles. The van der Waals surface area contributed by atoms with E-state index in [1.807, 2.05) is 32.9 Å². The SMILES string of the molecule is CCCOC(=O)CCCN1C(=O)/C(=C/c2cc(Br)c(OCC)c(OCC)c2)SC1=S. The van der Waals surface area contributed by atoms with Crippen LogP contribution in [0, 0.1) is 0 Å². The molecule has 1 aliphatic rings. The van der Waals surface area contributed by atoms with Gasteiger partial charge in [-0.05, 0) is 66.4 Å². The van der Waals surface area contributed by atoms with Gasteiger partial charge in [0.25, 0.3) is 5.91 Å². The average molecular weight is 516 g/mol. The number of thiocarbonyl (C=S) groups is 1. The molecular formula is C21H26BrNO5S2. The van der Waals surface area contributed by atoms with E-state index in [-0.39, 0.29) is 18.3 Å². The molecule has 30 heavy (non-hydrogen) atoms. The summed E-state index contributed by atoms with van der Waals surface area (Å²) >= 11 is 10.1. The number of halogens is 1. The van der Waals surface area contributed by atoms with Crippen molar-refractivity contribution in [3.63, 3.8) is 0 Å². The van der Waals surface area contributed by atoms with Crippen molar-refractivity contribution < 1.29 is 23.8 Å². The van der Waals surface area contributed by atoms with Crippen LogP contribution in [0.4, 0.5) is 0 Å². The van der Waals surface area contributed by atoms with E-state index in [1.165, 1.54) is 16.7 Å². The van der Waals surface area contributed by atoms with Crippen LogP contribution in [0.15, 0.2) is 21.5 Å². The van der Waals surface area contributed by atoms with Gasteiger partial charge in [-0.15, -0.1) is 0 Å². The minimum Gasteiger partial charge on any atom is -0.490 e. The first-order valence-corrected chi connectivity index (χ1v) is 11.9. The summed E-state index contributed by atoms with van der Waals surface area (Å²) in [6, 6.07) is 3.72. The predicted molar refractivity (Wildman–Crippen MR) is 127 cm³/mol. The number of amides is 1. The maximum atomic E-state index is 12.8. The Morgan fingerprint density at radius 1 is 1.23 bits per heavy atom. The Hall–Kier alpha value is -1.58. The molecule has 6 nitrogen and oxygen atoms in total. The van der Waals surface area contributed by atoms with Crippen molar-refractivity contribution in [1.82, 2.24) is 4.90 Å². The highest BCUT2D eigenvalue weighted by Gasteiger charge is 2.31. The lowest BCUT2D eigenvalue weighted by Gasteiger charge is -2.14. The first-order chi connectivity index (χ1) is 14.4. The molecule has 2 rings (SSSR count). The summed E-state index contributed by atoms with van der Waals surface area (Å²) in [5.74, 6) is 0.843. The standard InChI is InChI=1S/C21H26BrNO5S2/c1-4-10-28-18(24)8-7-9-23-20(25)17(30-21(23)29)13-14-11-15(22)19(27-6-3)16(12-14)26-5-2/h11-13H,4-10H2,1-3H3/b17-13-. The van der Waals surface area contributed by atoms with Gasteiger partial charge in [-0.2, -0.15) is 0 Å². The zero-order valence-corrected chi connectivity index (χ0v) is 20.6. The number of carbonyl (C=O) groups excluding carboxylic acids is 2. The lowest BCUT2D eigenvalue weighted by Crippen LogP contribution is -2.29. The molecule has 0 atom stereocenters. The van der Waals surface area contributed by atoms with E-state index in [9.17, 15) is 9.59 Å². The second-order valence-corrected chi connectivity index (χ2v) is 8.88. The molecule has 1 fully saturated rings. The topological polar surface area (TPSA) is 65.1 Å². The number of hydrogen-bond donors (Lipinski definition) is 0. The maximum absolute atomic E-state index is 12.8. The number of esters is 1. The van der Waals surface area contributed by atoms with Crippen LogP contribution in [0.2, 0.25) is 0 Å². The van der Waals surface area contributed by atoms with E-state index < -0.39 is 0 Å². The van der Waals surface area contributed by atoms with E-state index >= 15 is 0 Å². The van der Waals surface area contributed by atoms with E-state index in [0.717, 1.165) is 16.5 Å². The van der Waals surface area contributed by atoms with Gasteiger partial charge in [0.1, 0.15) is 4.32 Å². The zero-order valence-electron chi connectivity index (χ0n) is 17.4. The Labute approximate surface area is 195 Å². The van der Waals surface area contributed by atoms with Crippen molar-refractivity contribution in [3.05, 3.63) is 27.1 Å². The van der Waals surface area contributed by atoms with Crippen LogP contribution in [-0.2, 0) is 14.3 Å². The fourth-order valence-electron chi connectivity index (χ4n) is 2.73. The van der Waals surface area contributed by atoms with Gasteiger partial charge in [-0.1, -0.05) is 30.9 Å². The van der Waals surface area contributed by atoms with Gasteiger partial charge in [0.05, 0.1) is 29.2 Å². The summed E-state index contributed by atoms with van der Waals surface area (Å²) in [6.07, 6.45) is 3.35. The Kier molecular flexibility index (Phi) is 10.1. The van der Waals surface area contributed by atoms with Gasteiger partial charge in [0, 0.05) is 13.0 Å². The van der Waals surface area contributed by atoms with Crippen LogP contribution in [0.1, 0.15) is 45.6 Å². The first kappa shape index (κ1) is 24.7. The van der Waals surface area contributed by atoms with Crippen molar-refractivity contribution in [2.24, 2.45) is 0 Å². The van der Waals surface area contributed by atoms with Crippen LogP contribution < -0.4 is 9.47 Å². The van der Waals surface area contributed by atoms with Crippen LogP contribution in [0.25, 0.3) is 6.08 Å². The number of nitrogens with zero attached hydrogens (tertiary/aromatic N) is 1.